The molecule has 1 N–H and O–H groups in total. The Balaban J connectivity index is 2.49. The first-order valence-corrected chi connectivity index (χ1v) is 6.95. The van der Waals surface area contributed by atoms with Gasteiger partial charge in [0.15, 0.2) is 0 Å². The molecule has 1 aromatic rings. The highest BCUT2D eigenvalue weighted by Crippen LogP contribution is 2.06. The number of benzene rings is 1. The van der Waals surface area contributed by atoms with Gasteiger partial charge in [-0.05, 0) is 24.8 Å². The molecule has 0 saturated carbocycles. The smallest absolute Gasteiger partial charge is 0.328 e. The lowest BCUT2D eigenvalue weighted by atomic mass is 10.1. The van der Waals surface area contributed by atoms with Crippen molar-refractivity contribution in [1.82, 2.24) is 5.32 Å². The van der Waals surface area contributed by atoms with E-state index in [0.717, 1.165) is 5.56 Å². The van der Waals surface area contributed by atoms with Crippen LogP contribution in [-0.2, 0) is 20.7 Å². The van der Waals surface area contributed by atoms with Crippen LogP contribution in [-0.4, -0.2) is 25.0 Å². The predicted octanol–water partition coefficient (Wildman–Crippen LogP) is 1.97. The Kier molecular flexibility index (Phi) is 7.59. The van der Waals surface area contributed by atoms with E-state index in [2.05, 4.69) is 11.4 Å². The van der Waals surface area contributed by atoms with Gasteiger partial charge in [-0.3, -0.25) is 4.79 Å². The van der Waals surface area contributed by atoms with Gasteiger partial charge in [-0.2, -0.15) is 5.26 Å². The van der Waals surface area contributed by atoms with Crippen molar-refractivity contribution in [3.05, 3.63) is 35.9 Å². The van der Waals surface area contributed by atoms with Crippen molar-refractivity contribution in [2.75, 3.05) is 7.11 Å². The van der Waals surface area contributed by atoms with E-state index in [0.29, 0.717) is 25.7 Å². The number of carbonyl (C=O) groups is 2. The zero-order valence-corrected chi connectivity index (χ0v) is 12.2. The molecule has 0 aliphatic rings. The molecule has 0 spiro atoms. The number of nitriles is 1. The summed E-state index contributed by atoms with van der Waals surface area (Å²) in [6.45, 7) is 0. The first-order valence-electron chi connectivity index (χ1n) is 6.95. The molecule has 0 heterocycles. The van der Waals surface area contributed by atoms with Crippen LogP contribution in [0.5, 0.6) is 0 Å². The van der Waals surface area contributed by atoms with Crippen molar-refractivity contribution < 1.29 is 14.3 Å². The summed E-state index contributed by atoms with van der Waals surface area (Å²) in [6, 6.07) is 10.7. The van der Waals surface area contributed by atoms with Crippen LogP contribution >= 0.6 is 0 Å². The van der Waals surface area contributed by atoms with Crippen molar-refractivity contribution in [3.63, 3.8) is 0 Å². The van der Waals surface area contributed by atoms with Gasteiger partial charge in [0.2, 0.25) is 5.91 Å². The van der Waals surface area contributed by atoms with Crippen LogP contribution in [0, 0.1) is 11.3 Å². The van der Waals surface area contributed by atoms with E-state index in [-0.39, 0.29) is 12.3 Å². The van der Waals surface area contributed by atoms with Gasteiger partial charge in [-0.15, -0.1) is 0 Å². The van der Waals surface area contributed by atoms with Crippen molar-refractivity contribution in [2.45, 2.75) is 38.1 Å². The largest absolute Gasteiger partial charge is 0.467 e. The Morgan fingerprint density at radius 1 is 1.29 bits per heavy atom. The van der Waals surface area contributed by atoms with Crippen LogP contribution in [0.25, 0.3) is 0 Å². The first-order chi connectivity index (χ1) is 10.2. The minimum Gasteiger partial charge on any atom is -0.467 e. The van der Waals surface area contributed by atoms with Gasteiger partial charge in [-0.1, -0.05) is 30.3 Å². The number of hydrogen-bond donors (Lipinski definition) is 1. The number of nitrogens with one attached hydrogen (secondary N) is 1. The summed E-state index contributed by atoms with van der Waals surface area (Å²) in [5.41, 5.74) is 0.892. The SMILES string of the molecule is COC(=O)[C@@H](CCCCC#N)NC(=O)Cc1ccccc1. The number of nitrogens with zero attached hydrogens (tertiary/aromatic N) is 1. The number of amides is 1. The van der Waals surface area contributed by atoms with E-state index >= 15 is 0 Å². The lowest BCUT2D eigenvalue weighted by molar-refractivity contribution is -0.145. The van der Waals surface area contributed by atoms with E-state index < -0.39 is 12.0 Å². The number of rotatable bonds is 8. The molecule has 5 nitrogen and oxygen atoms in total. The Morgan fingerprint density at radius 3 is 2.62 bits per heavy atom. The molecule has 0 saturated heterocycles. The monoisotopic (exact) mass is 288 g/mol. The van der Waals surface area contributed by atoms with Crippen molar-refractivity contribution >= 4 is 11.9 Å². The Labute approximate surface area is 124 Å². The average Bonchev–Trinajstić information content (AvgIpc) is 2.50. The molecule has 0 aliphatic carbocycles. The fourth-order valence-electron chi connectivity index (χ4n) is 1.97. The summed E-state index contributed by atoms with van der Waals surface area (Å²) in [7, 11) is 1.30. The topological polar surface area (TPSA) is 79.2 Å². The van der Waals surface area contributed by atoms with Crippen molar-refractivity contribution in [2.24, 2.45) is 0 Å². The Hall–Kier alpha value is -2.35. The molecular weight excluding hydrogens is 268 g/mol. The highest BCUT2D eigenvalue weighted by molar-refractivity contribution is 5.85. The summed E-state index contributed by atoms with van der Waals surface area (Å²) < 4.78 is 4.70. The molecule has 0 aromatic heterocycles. The summed E-state index contributed by atoms with van der Waals surface area (Å²) in [4.78, 5) is 23.6. The highest BCUT2D eigenvalue weighted by Gasteiger charge is 2.20. The van der Waals surface area contributed by atoms with Gasteiger partial charge in [-0.25, -0.2) is 4.79 Å². The second-order valence-corrected chi connectivity index (χ2v) is 4.71. The van der Waals surface area contributed by atoms with E-state index in [1.54, 1.807) is 0 Å². The van der Waals surface area contributed by atoms with Crippen LogP contribution in [0.1, 0.15) is 31.2 Å². The van der Waals surface area contributed by atoms with Crippen LogP contribution in [0.15, 0.2) is 30.3 Å². The Morgan fingerprint density at radius 2 is 2.00 bits per heavy atom. The number of methoxy groups -OCH3 is 1. The molecule has 5 heteroatoms. The lowest BCUT2D eigenvalue weighted by Gasteiger charge is -2.16. The standard InChI is InChI=1S/C16H20N2O3/c1-21-16(20)14(10-6-3-7-11-17)18-15(19)12-13-8-4-2-5-9-13/h2,4-5,8-9,14H,3,6-7,10,12H2,1H3,(H,18,19)/t14-/m1/s1. The summed E-state index contributed by atoms with van der Waals surface area (Å²) in [5.74, 6) is -0.662. The quantitative estimate of drug-likeness (QED) is 0.586. The molecule has 0 unspecified atom stereocenters. The fraction of sp³-hybridized carbons (Fsp3) is 0.438. The average molecular weight is 288 g/mol. The van der Waals surface area contributed by atoms with Crippen LogP contribution in [0.2, 0.25) is 0 Å². The number of esters is 1. The summed E-state index contributed by atoms with van der Waals surface area (Å²) >= 11 is 0. The lowest BCUT2D eigenvalue weighted by Crippen LogP contribution is -2.42. The maximum Gasteiger partial charge on any atom is 0.328 e. The van der Waals surface area contributed by atoms with Crippen LogP contribution in [0.3, 0.4) is 0 Å². The van der Waals surface area contributed by atoms with Crippen LogP contribution < -0.4 is 5.32 Å². The number of hydrogen-bond acceptors (Lipinski definition) is 4. The first kappa shape index (κ1) is 16.7. The van der Waals surface area contributed by atoms with E-state index in [1.807, 2.05) is 30.3 Å². The van der Waals surface area contributed by atoms with E-state index in [1.165, 1.54) is 7.11 Å². The number of ether oxygens (including phenoxy) is 1. The minimum absolute atomic E-state index is 0.211. The van der Waals surface area contributed by atoms with E-state index in [4.69, 9.17) is 10.00 Å². The zero-order chi connectivity index (χ0) is 15.5. The van der Waals surface area contributed by atoms with Gasteiger partial charge in [0.1, 0.15) is 6.04 Å². The van der Waals surface area contributed by atoms with Gasteiger partial charge in [0, 0.05) is 6.42 Å². The predicted molar refractivity (Wildman–Crippen MR) is 78.2 cm³/mol. The van der Waals surface area contributed by atoms with Gasteiger partial charge in [0.05, 0.1) is 19.6 Å². The third-order valence-corrected chi connectivity index (χ3v) is 3.06. The maximum absolute atomic E-state index is 12.0. The minimum atomic E-state index is -0.648. The number of unbranched alkanes of at least 4 members (excludes halogenated alkanes) is 2. The molecule has 1 rings (SSSR count). The number of carbonyl (C=O) groups excluding carboxylic acids is 2. The molecule has 0 aliphatic heterocycles. The Bertz CT molecular complexity index is 494. The second kappa shape index (κ2) is 9.54. The van der Waals surface area contributed by atoms with Gasteiger partial charge < -0.3 is 10.1 Å². The molecule has 1 atom stereocenters. The second-order valence-electron chi connectivity index (χ2n) is 4.71. The maximum atomic E-state index is 12.0. The van der Waals surface area contributed by atoms with Crippen LogP contribution in [0.4, 0.5) is 0 Å². The van der Waals surface area contributed by atoms with Crippen molar-refractivity contribution in [3.8, 4) is 6.07 Å². The molecule has 112 valence electrons. The van der Waals surface area contributed by atoms with Gasteiger partial charge >= 0.3 is 5.97 Å². The third kappa shape index (κ3) is 6.57. The summed E-state index contributed by atoms with van der Waals surface area (Å²) in [5, 5.41) is 11.2. The molecule has 0 fully saturated rings. The molecule has 0 bridgehead atoms. The molecule has 0 radical (unpaired) electrons. The van der Waals surface area contributed by atoms with E-state index in [9.17, 15) is 9.59 Å². The van der Waals surface area contributed by atoms with Crippen molar-refractivity contribution in [1.29, 1.82) is 5.26 Å². The summed E-state index contributed by atoms with van der Waals surface area (Å²) in [6.07, 6.45) is 2.56. The zero-order valence-electron chi connectivity index (χ0n) is 12.2. The molecule has 1 aromatic carbocycles. The normalized spacial score (nSPS) is 11.2. The third-order valence-electron chi connectivity index (χ3n) is 3.06. The molecule has 1 amide bonds. The van der Waals surface area contributed by atoms with Gasteiger partial charge in [0.25, 0.3) is 0 Å². The highest BCUT2D eigenvalue weighted by atomic mass is 16.5. The molecular formula is C16H20N2O3. The fourth-order valence-corrected chi connectivity index (χ4v) is 1.97. The molecule has 21 heavy (non-hydrogen) atoms.